The second-order valence-electron chi connectivity index (χ2n) is 3.16. The van der Waals surface area contributed by atoms with E-state index >= 15 is 0 Å². The highest BCUT2D eigenvalue weighted by atomic mass is 32.1. The number of aliphatic hydroxyl groups excluding tert-OH is 2. The van der Waals surface area contributed by atoms with Crippen LogP contribution in [-0.2, 0) is 0 Å². The second-order valence-corrected chi connectivity index (χ2v) is 3.53. The third-order valence-corrected chi connectivity index (χ3v) is 2.43. The highest BCUT2D eigenvalue weighted by Gasteiger charge is 2.21. The quantitative estimate of drug-likeness (QED) is 0.422. The number of halogens is 1. The van der Waals surface area contributed by atoms with Crippen LogP contribution in [0.15, 0.2) is 18.2 Å². The van der Waals surface area contributed by atoms with Gasteiger partial charge < -0.3 is 10.2 Å². The predicted octanol–water partition coefficient (Wildman–Crippen LogP) is 1.06. The number of hydrogen-bond acceptors (Lipinski definition) is 5. The monoisotopic (exact) mass is 247 g/mol. The van der Waals surface area contributed by atoms with Gasteiger partial charge in [-0.3, -0.25) is 10.1 Å². The van der Waals surface area contributed by atoms with Crippen LogP contribution in [0.1, 0.15) is 11.7 Å². The molecule has 0 heterocycles. The Balaban J connectivity index is 3.07. The van der Waals surface area contributed by atoms with Gasteiger partial charge in [-0.2, -0.15) is 17.0 Å². The number of benzene rings is 1. The molecule has 2 N–H and O–H groups in total. The molecule has 1 rings (SSSR count). The largest absolute Gasteiger partial charge is 0.389 e. The van der Waals surface area contributed by atoms with Gasteiger partial charge in [0, 0.05) is 11.8 Å². The zero-order chi connectivity index (χ0) is 12.3. The van der Waals surface area contributed by atoms with E-state index in [1.165, 1.54) is 6.07 Å². The molecule has 0 amide bonds. The molecule has 0 fully saturated rings. The van der Waals surface area contributed by atoms with Crippen molar-refractivity contribution in [2.75, 3.05) is 5.75 Å². The van der Waals surface area contributed by atoms with Crippen LogP contribution >= 0.6 is 12.6 Å². The summed E-state index contributed by atoms with van der Waals surface area (Å²) >= 11 is 3.77. The van der Waals surface area contributed by atoms with Crippen molar-refractivity contribution in [2.24, 2.45) is 0 Å². The van der Waals surface area contributed by atoms with E-state index in [2.05, 4.69) is 12.6 Å². The van der Waals surface area contributed by atoms with Crippen LogP contribution in [0.25, 0.3) is 0 Å². The van der Waals surface area contributed by atoms with E-state index in [-0.39, 0.29) is 11.3 Å². The molecule has 2 unspecified atom stereocenters. The van der Waals surface area contributed by atoms with E-state index in [1.807, 2.05) is 0 Å². The Bertz CT molecular complexity index is 401. The molecule has 2 atom stereocenters. The fourth-order valence-electron chi connectivity index (χ4n) is 1.18. The summed E-state index contributed by atoms with van der Waals surface area (Å²) in [6.45, 7) is 0. The van der Waals surface area contributed by atoms with E-state index < -0.39 is 28.6 Å². The number of thiol groups is 1. The minimum atomic E-state index is -1.32. The summed E-state index contributed by atoms with van der Waals surface area (Å²) in [6.07, 6.45) is -2.48. The van der Waals surface area contributed by atoms with Crippen molar-refractivity contribution in [1.82, 2.24) is 0 Å². The molecule has 0 aliphatic rings. The highest BCUT2D eigenvalue weighted by Crippen LogP contribution is 2.24. The van der Waals surface area contributed by atoms with Gasteiger partial charge in [0.1, 0.15) is 6.10 Å². The molecule has 0 radical (unpaired) electrons. The minimum absolute atomic E-state index is 0.00760. The van der Waals surface area contributed by atoms with Crippen molar-refractivity contribution in [2.45, 2.75) is 12.2 Å². The molecule has 5 nitrogen and oxygen atoms in total. The van der Waals surface area contributed by atoms with Gasteiger partial charge in [0.25, 0.3) is 0 Å². The maximum Gasteiger partial charge on any atom is 0.305 e. The van der Waals surface area contributed by atoms with Crippen LogP contribution in [0.2, 0.25) is 0 Å². The van der Waals surface area contributed by atoms with Crippen LogP contribution in [-0.4, -0.2) is 27.0 Å². The Morgan fingerprint density at radius 2 is 2.12 bits per heavy atom. The number of nitro benzene ring substituents is 1. The van der Waals surface area contributed by atoms with Gasteiger partial charge in [0.05, 0.1) is 11.0 Å². The first-order chi connectivity index (χ1) is 7.47. The van der Waals surface area contributed by atoms with E-state index in [0.29, 0.717) is 0 Å². The van der Waals surface area contributed by atoms with Crippen LogP contribution in [0.4, 0.5) is 10.1 Å². The molecule has 0 bridgehead atoms. The highest BCUT2D eigenvalue weighted by molar-refractivity contribution is 7.80. The normalized spacial score (nSPS) is 14.5. The molecule has 7 heteroatoms. The molecule has 0 saturated carbocycles. The van der Waals surface area contributed by atoms with Gasteiger partial charge in [-0.25, -0.2) is 0 Å². The van der Waals surface area contributed by atoms with E-state index in [4.69, 9.17) is 0 Å². The number of rotatable bonds is 4. The number of aliphatic hydroxyl groups is 2. The molecule has 0 aromatic heterocycles. The topological polar surface area (TPSA) is 83.6 Å². The van der Waals surface area contributed by atoms with Gasteiger partial charge >= 0.3 is 5.69 Å². The average Bonchev–Trinajstić information content (AvgIpc) is 2.27. The summed E-state index contributed by atoms with van der Waals surface area (Å²) in [5.74, 6) is -0.992. The lowest BCUT2D eigenvalue weighted by Crippen LogP contribution is -2.19. The first kappa shape index (κ1) is 12.9. The van der Waals surface area contributed by atoms with E-state index in [9.17, 15) is 24.7 Å². The Morgan fingerprint density at radius 3 is 2.62 bits per heavy atom. The standard InChI is InChI=1S/C9H10FNO4S/c10-6-2-1-5(3-7(6)11(14)15)9(13)8(12)4-16/h1-3,8-9,12-13,16H,4H2. The predicted molar refractivity (Wildman–Crippen MR) is 57.9 cm³/mol. The summed E-state index contributed by atoms with van der Waals surface area (Å²) in [5.41, 5.74) is -0.655. The number of nitro groups is 1. The zero-order valence-corrected chi connectivity index (χ0v) is 8.97. The first-order valence-corrected chi connectivity index (χ1v) is 5.01. The molecule has 0 aliphatic carbocycles. The summed E-state index contributed by atoms with van der Waals surface area (Å²) in [6, 6.07) is 2.95. The third kappa shape index (κ3) is 2.69. The summed E-state index contributed by atoms with van der Waals surface area (Å²) in [7, 11) is 0. The molecular weight excluding hydrogens is 237 g/mol. The summed E-state index contributed by atoms with van der Waals surface area (Å²) in [4.78, 5) is 9.55. The van der Waals surface area contributed by atoms with Gasteiger partial charge in [-0.05, 0) is 11.6 Å². The van der Waals surface area contributed by atoms with Crippen LogP contribution < -0.4 is 0 Å². The average molecular weight is 247 g/mol. The summed E-state index contributed by atoms with van der Waals surface area (Å²) < 4.78 is 13.0. The number of nitrogens with zero attached hydrogens (tertiary/aromatic N) is 1. The molecule has 88 valence electrons. The van der Waals surface area contributed by atoms with Crippen LogP contribution in [0.3, 0.4) is 0 Å². The Labute approximate surface area is 96.1 Å². The fourth-order valence-corrected chi connectivity index (χ4v) is 1.38. The smallest absolute Gasteiger partial charge is 0.305 e. The Hall–Kier alpha value is -1.18. The minimum Gasteiger partial charge on any atom is -0.389 e. The summed E-state index contributed by atoms with van der Waals surface area (Å²) in [5, 5.41) is 29.3. The maximum atomic E-state index is 13.0. The molecule has 0 spiro atoms. The SMILES string of the molecule is O=[N+]([O-])c1cc(C(O)C(O)CS)ccc1F. The van der Waals surface area contributed by atoms with Gasteiger partial charge in [0.15, 0.2) is 0 Å². The number of hydrogen-bond donors (Lipinski definition) is 3. The van der Waals surface area contributed by atoms with Gasteiger partial charge in [-0.1, -0.05) is 6.07 Å². The van der Waals surface area contributed by atoms with Crippen molar-refractivity contribution in [3.63, 3.8) is 0 Å². The lowest BCUT2D eigenvalue weighted by atomic mass is 10.0. The van der Waals surface area contributed by atoms with Gasteiger partial charge in [0.2, 0.25) is 5.82 Å². The van der Waals surface area contributed by atoms with Gasteiger partial charge in [-0.15, -0.1) is 0 Å². The van der Waals surface area contributed by atoms with E-state index in [0.717, 1.165) is 12.1 Å². The molecule has 16 heavy (non-hydrogen) atoms. The third-order valence-electron chi connectivity index (χ3n) is 2.06. The molecular formula is C9H10FNO4S. The lowest BCUT2D eigenvalue weighted by molar-refractivity contribution is -0.387. The molecule has 0 aliphatic heterocycles. The van der Waals surface area contributed by atoms with Crippen molar-refractivity contribution in [1.29, 1.82) is 0 Å². The zero-order valence-electron chi connectivity index (χ0n) is 8.08. The Kier molecular flexibility index (Phi) is 4.22. The van der Waals surface area contributed by atoms with Crippen molar-refractivity contribution < 1.29 is 19.5 Å². The van der Waals surface area contributed by atoms with Crippen molar-refractivity contribution in [3.8, 4) is 0 Å². The fraction of sp³-hybridized carbons (Fsp3) is 0.333. The maximum absolute atomic E-state index is 13.0. The van der Waals surface area contributed by atoms with Crippen molar-refractivity contribution >= 4 is 18.3 Å². The van der Waals surface area contributed by atoms with E-state index in [1.54, 1.807) is 0 Å². The van der Waals surface area contributed by atoms with Crippen molar-refractivity contribution in [3.05, 3.63) is 39.7 Å². The molecule has 1 aromatic rings. The first-order valence-electron chi connectivity index (χ1n) is 4.38. The second kappa shape index (κ2) is 5.24. The van der Waals surface area contributed by atoms with Crippen LogP contribution in [0, 0.1) is 15.9 Å². The lowest BCUT2D eigenvalue weighted by Gasteiger charge is -2.15. The molecule has 1 aromatic carbocycles. The van der Waals surface area contributed by atoms with Crippen LogP contribution in [0.5, 0.6) is 0 Å². The Morgan fingerprint density at radius 1 is 1.50 bits per heavy atom. The molecule has 0 saturated heterocycles.